The molecule has 0 aromatic carbocycles. The number of carbonyl (C=O) groups is 2. The second-order valence-corrected chi connectivity index (χ2v) is 6.12. The van der Waals surface area contributed by atoms with E-state index in [4.69, 9.17) is 5.73 Å². The number of amides is 2. The molecule has 3 rings (SSSR count). The zero-order valence-electron chi connectivity index (χ0n) is 12.3. The van der Waals surface area contributed by atoms with Crippen LogP contribution < -0.4 is 11.1 Å². The van der Waals surface area contributed by atoms with E-state index in [9.17, 15) is 9.59 Å². The van der Waals surface area contributed by atoms with Crippen molar-refractivity contribution < 1.29 is 9.59 Å². The molecule has 2 heterocycles. The quantitative estimate of drug-likeness (QED) is 0.708. The van der Waals surface area contributed by atoms with Crippen molar-refractivity contribution in [3.63, 3.8) is 0 Å². The van der Waals surface area contributed by atoms with Gasteiger partial charge in [-0.1, -0.05) is 11.8 Å². The van der Waals surface area contributed by atoms with E-state index in [-0.39, 0.29) is 18.2 Å². The smallest absolute Gasteiger partial charge is 0.236 e. The maximum atomic E-state index is 11.7. The maximum Gasteiger partial charge on any atom is 0.236 e. The lowest BCUT2D eigenvalue weighted by atomic mass is 10.3. The summed E-state index contributed by atoms with van der Waals surface area (Å²) in [6.45, 7) is -0.157. The summed E-state index contributed by atoms with van der Waals surface area (Å²) >= 11 is 1.30. The van der Waals surface area contributed by atoms with E-state index >= 15 is 0 Å². The fourth-order valence-corrected chi connectivity index (χ4v) is 2.93. The minimum Gasteiger partial charge on any atom is -0.368 e. The Kier molecular flexibility index (Phi) is 4.56. The van der Waals surface area contributed by atoms with Crippen LogP contribution in [0.15, 0.2) is 29.7 Å². The molecule has 9 heteroatoms. The third-order valence-corrected chi connectivity index (χ3v) is 4.23. The van der Waals surface area contributed by atoms with Crippen LogP contribution in [-0.2, 0) is 9.59 Å². The molecule has 23 heavy (non-hydrogen) atoms. The summed E-state index contributed by atoms with van der Waals surface area (Å²) < 4.78 is 2.06. The van der Waals surface area contributed by atoms with Gasteiger partial charge in [0.1, 0.15) is 0 Å². The molecular formula is C14H16N6O2S. The van der Waals surface area contributed by atoms with Crippen LogP contribution in [0.4, 0.5) is 0 Å². The van der Waals surface area contributed by atoms with Crippen molar-refractivity contribution in [3.05, 3.63) is 24.5 Å². The van der Waals surface area contributed by atoms with Crippen LogP contribution in [0.3, 0.4) is 0 Å². The second kappa shape index (κ2) is 6.78. The minimum absolute atomic E-state index is 0.157. The van der Waals surface area contributed by atoms with Gasteiger partial charge in [0, 0.05) is 24.0 Å². The molecule has 120 valence electrons. The summed E-state index contributed by atoms with van der Waals surface area (Å²) in [5.41, 5.74) is 5.89. The molecule has 1 aliphatic carbocycles. The molecule has 0 bridgehead atoms. The lowest BCUT2D eigenvalue weighted by Gasteiger charge is -2.08. The number of nitrogens with two attached hydrogens (primary N) is 1. The zero-order chi connectivity index (χ0) is 16.2. The van der Waals surface area contributed by atoms with Gasteiger partial charge >= 0.3 is 0 Å². The van der Waals surface area contributed by atoms with Crippen LogP contribution in [0.2, 0.25) is 0 Å². The van der Waals surface area contributed by atoms with Gasteiger partial charge in [-0.15, -0.1) is 10.2 Å². The first kappa shape index (κ1) is 15.5. The summed E-state index contributed by atoms with van der Waals surface area (Å²) in [5.74, 6) is 0.0941. The molecule has 8 nitrogen and oxygen atoms in total. The van der Waals surface area contributed by atoms with Crippen molar-refractivity contribution in [2.24, 2.45) is 5.73 Å². The van der Waals surface area contributed by atoms with Gasteiger partial charge in [0.05, 0.1) is 12.3 Å². The number of primary amides is 1. The Labute approximate surface area is 136 Å². The molecular weight excluding hydrogens is 316 g/mol. The van der Waals surface area contributed by atoms with Crippen molar-refractivity contribution in [2.45, 2.75) is 24.0 Å². The Morgan fingerprint density at radius 2 is 2.22 bits per heavy atom. The van der Waals surface area contributed by atoms with Crippen molar-refractivity contribution >= 4 is 23.6 Å². The molecule has 2 aromatic rings. The second-order valence-electron chi connectivity index (χ2n) is 5.18. The Balaban J connectivity index is 1.72. The van der Waals surface area contributed by atoms with Gasteiger partial charge in [-0.25, -0.2) is 0 Å². The predicted octanol–water partition coefficient (Wildman–Crippen LogP) is 0.369. The van der Waals surface area contributed by atoms with Crippen molar-refractivity contribution in [2.75, 3.05) is 12.3 Å². The van der Waals surface area contributed by atoms with Crippen LogP contribution in [0, 0.1) is 0 Å². The first-order chi connectivity index (χ1) is 11.1. The van der Waals surface area contributed by atoms with E-state index in [0.29, 0.717) is 11.2 Å². The summed E-state index contributed by atoms with van der Waals surface area (Å²) in [4.78, 5) is 26.5. The molecule has 2 amide bonds. The molecule has 1 saturated carbocycles. The van der Waals surface area contributed by atoms with Crippen molar-refractivity contribution in [1.82, 2.24) is 25.1 Å². The van der Waals surface area contributed by atoms with E-state index in [1.807, 2.05) is 12.1 Å². The fraction of sp³-hybridized carbons (Fsp3) is 0.357. The number of aromatic nitrogens is 4. The van der Waals surface area contributed by atoms with E-state index in [1.54, 1.807) is 12.4 Å². The molecule has 0 radical (unpaired) electrons. The first-order valence-electron chi connectivity index (χ1n) is 7.18. The minimum atomic E-state index is -0.566. The SMILES string of the molecule is NC(=O)CNC(=O)CSc1nnc(-c2cccnc2)n1C1CC1. The number of pyridine rings is 1. The Bertz CT molecular complexity index is 713. The number of hydrogen-bond donors (Lipinski definition) is 2. The highest BCUT2D eigenvalue weighted by Gasteiger charge is 2.30. The predicted molar refractivity (Wildman–Crippen MR) is 84.5 cm³/mol. The largest absolute Gasteiger partial charge is 0.368 e. The van der Waals surface area contributed by atoms with Gasteiger partial charge in [-0.05, 0) is 25.0 Å². The van der Waals surface area contributed by atoms with Gasteiger partial charge in [0.15, 0.2) is 11.0 Å². The van der Waals surface area contributed by atoms with Gasteiger partial charge in [-0.3, -0.25) is 19.1 Å². The standard InChI is InChI=1S/C14H16N6O2S/c15-11(21)7-17-12(22)8-23-14-19-18-13(20(14)10-3-4-10)9-2-1-5-16-6-9/h1-2,5-6,10H,3-4,7-8H2,(H2,15,21)(H,17,22). The molecule has 1 aliphatic rings. The number of nitrogens with zero attached hydrogens (tertiary/aromatic N) is 4. The molecule has 3 N–H and O–H groups in total. The van der Waals surface area contributed by atoms with Crippen LogP contribution in [-0.4, -0.2) is 43.9 Å². The van der Waals surface area contributed by atoms with Crippen molar-refractivity contribution in [3.8, 4) is 11.4 Å². The van der Waals surface area contributed by atoms with Gasteiger partial charge in [-0.2, -0.15) is 0 Å². The van der Waals surface area contributed by atoms with Gasteiger partial charge in [0.2, 0.25) is 11.8 Å². The van der Waals surface area contributed by atoms with Crippen LogP contribution >= 0.6 is 11.8 Å². The molecule has 2 aromatic heterocycles. The number of thioether (sulfide) groups is 1. The Morgan fingerprint density at radius 1 is 1.39 bits per heavy atom. The maximum absolute atomic E-state index is 11.7. The summed E-state index contributed by atoms with van der Waals surface area (Å²) in [6.07, 6.45) is 5.61. The van der Waals surface area contributed by atoms with Gasteiger partial charge in [0.25, 0.3) is 0 Å². The molecule has 0 spiro atoms. The third-order valence-electron chi connectivity index (χ3n) is 3.29. The lowest BCUT2D eigenvalue weighted by molar-refractivity contribution is -0.123. The Morgan fingerprint density at radius 3 is 2.87 bits per heavy atom. The van der Waals surface area contributed by atoms with E-state index < -0.39 is 5.91 Å². The molecule has 0 aliphatic heterocycles. The fourth-order valence-electron chi connectivity index (χ4n) is 2.10. The highest BCUT2D eigenvalue weighted by molar-refractivity contribution is 7.99. The van der Waals surface area contributed by atoms with Crippen LogP contribution in [0.1, 0.15) is 18.9 Å². The number of hydrogen-bond acceptors (Lipinski definition) is 6. The zero-order valence-corrected chi connectivity index (χ0v) is 13.1. The number of rotatable bonds is 7. The average molecular weight is 332 g/mol. The topological polar surface area (TPSA) is 116 Å². The summed E-state index contributed by atoms with van der Waals surface area (Å²) in [5, 5.41) is 11.6. The first-order valence-corrected chi connectivity index (χ1v) is 8.17. The van der Waals surface area contributed by atoms with Crippen molar-refractivity contribution in [1.29, 1.82) is 0 Å². The van der Waals surface area contributed by atoms with E-state index in [0.717, 1.165) is 24.2 Å². The highest BCUT2D eigenvalue weighted by atomic mass is 32.2. The summed E-state index contributed by atoms with van der Waals surface area (Å²) in [7, 11) is 0. The summed E-state index contributed by atoms with van der Waals surface area (Å²) in [6, 6.07) is 4.16. The van der Waals surface area contributed by atoms with Gasteiger partial charge < -0.3 is 11.1 Å². The Hall–Kier alpha value is -2.42. The van der Waals surface area contributed by atoms with Crippen LogP contribution in [0.25, 0.3) is 11.4 Å². The number of nitrogens with one attached hydrogen (secondary N) is 1. The normalized spacial score (nSPS) is 13.7. The molecule has 0 unspecified atom stereocenters. The monoisotopic (exact) mass is 332 g/mol. The number of carbonyl (C=O) groups excluding carboxylic acids is 2. The molecule has 0 atom stereocenters. The van der Waals surface area contributed by atoms with Crippen LogP contribution in [0.5, 0.6) is 0 Å². The average Bonchev–Trinajstić information content (AvgIpc) is 3.31. The third kappa shape index (κ3) is 3.86. The van der Waals surface area contributed by atoms with E-state index in [2.05, 4.69) is 25.1 Å². The van der Waals surface area contributed by atoms with E-state index in [1.165, 1.54) is 11.8 Å². The lowest BCUT2D eigenvalue weighted by Crippen LogP contribution is -2.34. The molecule has 0 saturated heterocycles. The highest BCUT2D eigenvalue weighted by Crippen LogP contribution is 2.40. The molecule has 1 fully saturated rings.